The van der Waals surface area contributed by atoms with Crippen LogP contribution in [0.5, 0.6) is 5.88 Å². The Labute approximate surface area is 102 Å². The van der Waals surface area contributed by atoms with Crippen LogP contribution in [0.4, 0.5) is 0 Å². The highest BCUT2D eigenvalue weighted by Gasteiger charge is 2.04. The van der Waals surface area contributed by atoms with Crippen LogP contribution in [0.25, 0.3) is 22.1 Å². The van der Waals surface area contributed by atoms with Gasteiger partial charge in [0.05, 0.1) is 18.1 Å². The van der Waals surface area contributed by atoms with Crippen LogP contribution in [0.3, 0.4) is 0 Å². The van der Waals surface area contributed by atoms with Gasteiger partial charge in [-0.3, -0.25) is 0 Å². The molecule has 0 aliphatic heterocycles. The summed E-state index contributed by atoms with van der Waals surface area (Å²) >= 11 is 5.83. The first-order valence-electron chi connectivity index (χ1n) is 5.04. The predicted molar refractivity (Wildman–Crippen MR) is 66.4 cm³/mol. The van der Waals surface area contributed by atoms with E-state index in [0.717, 1.165) is 16.4 Å². The van der Waals surface area contributed by atoms with Crippen molar-refractivity contribution in [1.82, 2.24) is 15.0 Å². The van der Waals surface area contributed by atoms with E-state index in [4.69, 9.17) is 16.3 Å². The smallest absolute Gasteiger partial charge is 0.213 e. The number of hydrogen-bond acceptors (Lipinski definition) is 4. The number of rotatable bonds is 1. The minimum Gasteiger partial charge on any atom is -0.481 e. The van der Waals surface area contributed by atoms with E-state index in [1.807, 2.05) is 18.2 Å². The Hall–Kier alpha value is -1.94. The zero-order valence-corrected chi connectivity index (χ0v) is 9.77. The molecular formula is C12H8ClN3O. The van der Waals surface area contributed by atoms with Crippen molar-refractivity contribution in [1.29, 1.82) is 0 Å². The highest BCUT2D eigenvalue weighted by Crippen LogP contribution is 2.20. The second-order valence-electron chi connectivity index (χ2n) is 3.56. The summed E-state index contributed by atoms with van der Waals surface area (Å²) in [6, 6.07) is 9.15. The number of hydrogen-bond donors (Lipinski definition) is 0. The number of aromatic nitrogens is 3. The molecule has 3 rings (SSSR count). The van der Waals surface area contributed by atoms with Crippen molar-refractivity contribution in [3.8, 4) is 5.88 Å². The molecule has 4 nitrogen and oxygen atoms in total. The third-order valence-corrected chi connectivity index (χ3v) is 2.69. The Morgan fingerprint density at radius 2 is 1.88 bits per heavy atom. The molecule has 3 aromatic heterocycles. The van der Waals surface area contributed by atoms with Crippen LogP contribution in [-0.4, -0.2) is 22.1 Å². The summed E-state index contributed by atoms with van der Waals surface area (Å²) in [6.07, 6.45) is 0. The number of pyridine rings is 3. The molecule has 0 unspecified atom stereocenters. The summed E-state index contributed by atoms with van der Waals surface area (Å²) < 4.78 is 5.08. The SMILES string of the molecule is COc1ccc2nc3nc(Cl)ccc3cc2n1. The lowest BCUT2D eigenvalue weighted by atomic mass is 10.2. The lowest BCUT2D eigenvalue weighted by Gasteiger charge is -2.02. The predicted octanol–water partition coefficient (Wildman–Crippen LogP) is 2.84. The van der Waals surface area contributed by atoms with Gasteiger partial charge in [-0.05, 0) is 24.3 Å². The van der Waals surface area contributed by atoms with E-state index in [1.54, 1.807) is 19.2 Å². The van der Waals surface area contributed by atoms with Gasteiger partial charge in [-0.15, -0.1) is 0 Å². The van der Waals surface area contributed by atoms with Crippen molar-refractivity contribution in [2.45, 2.75) is 0 Å². The first-order valence-corrected chi connectivity index (χ1v) is 5.42. The molecule has 0 bridgehead atoms. The van der Waals surface area contributed by atoms with Crippen LogP contribution in [0, 0.1) is 0 Å². The van der Waals surface area contributed by atoms with E-state index in [1.165, 1.54) is 0 Å². The van der Waals surface area contributed by atoms with Crippen molar-refractivity contribution in [3.63, 3.8) is 0 Å². The second kappa shape index (κ2) is 3.82. The Morgan fingerprint density at radius 3 is 2.71 bits per heavy atom. The van der Waals surface area contributed by atoms with E-state index in [0.29, 0.717) is 16.7 Å². The fourth-order valence-electron chi connectivity index (χ4n) is 1.66. The van der Waals surface area contributed by atoms with Crippen molar-refractivity contribution < 1.29 is 4.74 Å². The minimum absolute atomic E-state index is 0.436. The summed E-state index contributed by atoms with van der Waals surface area (Å²) in [6.45, 7) is 0. The minimum atomic E-state index is 0.436. The molecule has 0 aromatic carbocycles. The summed E-state index contributed by atoms with van der Waals surface area (Å²) in [5, 5.41) is 1.34. The van der Waals surface area contributed by atoms with Crippen LogP contribution >= 0.6 is 11.6 Å². The van der Waals surface area contributed by atoms with Gasteiger partial charge in [-0.1, -0.05) is 11.6 Å². The topological polar surface area (TPSA) is 47.9 Å². The normalized spacial score (nSPS) is 10.9. The third kappa shape index (κ3) is 1.76. The molecular weight excluding hydrogens is 238 g/mol. The Morgan fingerprint density at radius 1 is 1.00 bits per heavy atom. The summed E-state index contributed by atoms with van der Waals surface area (Å²) in [5.74, 6) is 0.570. The van der Waals surface area contributed by atoms with E-state index in [2.05, 4.69) is 15.0 Å². The van der Waals surface area contributed by atoms with Gasteiger partial charge in [0.25, 0.3) is 0 Å². The molecule has 84 valence electrons. The fraction of sp³-hybridized carbons (Fsp3) is 0.0833. The molecule has 5 heteroatoms. The number of methoxy groups -OCH3 is 1. The van der Waals surface area contributed by atoms with Gasteiger partial charge in [0.1, 0.15) is 5.15 Å². The number of halogens is 1. The van der Waals surface area contributed by atoms with Crippen molar-refractivity contribution >= 4 is 33.7 Å². The number of ether oxygens (including phenoxy) is 1. The van der Waals surface area contributed by atoms with Crippen LogP contribution in [-0.2, 0) is 0 Å². The monoisotopic (exact) mass is 245 g/mol. The summed E-state index contributed by atoms with van der Waals surface area (Å²) in [7, 11) is 1.59. The molecule has 0 fully saturated rings. The highest BCUT2D eigenvalue weighted by molar-refractivity contribution is 6.29. The molecule has 3 aromatic rings. The zero-order valence-electron chi connectivity index (χ0n) is 9.01. The van der Waals surface area contributed by atoms with E-state index < -0.39 is 0 Å². The summed E-state index contributed by atoms with van der Waals surface area (Å²) in [4.78, 5) is 12.9. The zero-order chi connectivity index (χ0) is 11.8. The quantitative estimate of drug-likeness (QED) is 0.489. The highest BCUT2D eigenvalue weighted by atomic mass is 35.5. The van der Waals surface area contributed by atoms with E-state index in [9.17, 15) is 0 Å². The average Bonchev–Trinajstić information content (AvgIpc) is 2.35. The largest absolute Gasteiger partial charge is 0.481 e. The maximum atomic E-state index is 5.83. The standard InChI is InChI=1S/C12H8ClN3O/c1-17-11-5-3-8-9(14-11)6-7-2-4-10(13)16-12(7)15-8/h2-6H,1H3. The average molecular weight is 246 g/mol. The van der Waals surface area contributed by atoms with Gasteiger partial charge in [-0.2, -0.15) is 0 Å². The second-order valence-corrected chi connectivity index (χ2v) is 3.95. The lowest BCUT2D eigenvalue weighted by molar-refractivity contribution is 0.399. The van der Waals surface area contributed by atoms with Crippen molar-refractivity contribution in [2.24, 2.45) is 0 Å². The molecule has 0 radical (unpaired) electrons. The number of nitrogens with zero attached hydrogens (tertiary/aromatic N) is 3. The van der Waals surface area contributed by atoms with Crippen LogP contribution in [0.15, 0.2) is 30.3 Å². The molecule has 0 saturated carbocycles. The van der Waals surface area contributed by atoms with Gasteiger partial charge < -0.3 is 4.74 Å². The molecule has 0 saturated heterocycles. The third-order valence-electron chi connectivity index (χ3n) is 2.48. The first-order chi connectivity index (χ1) is 8.26. The van der Waals surface area contributed by atoms with Crippen molar-refractivity contribution in [2.75, 3.05) is 7.11 Å². The van der Waals surface area contributed by atoms with E-state index in [-0.39, 0.29) is 0 Å². The molecule has 3 heterocycles. The van der Waals surface area contributed by atoms with Crippen LogP contribution in [0.2, 0.25) is 5.15 Å². The van der Waals surface area contributed by atoms with Crippen LogP contribution < -0.4 is 4.74 Å². The molecule has 0 aliphatic carbocycles. The molecule has 17 heavy (non-hydrogen) atoms. The summed E-state index contributed by atoms with van der Waals surface area (Å²) in [5.41, 5.74) is 2.17. The maximum absolute atomic E-state index is 5.83. The molecule has 0 aliphatic rings. The molecule has 0 spiro atoms. The first kappa shape index (κ1) is 10.2. The van der Waals surface area contributed by atoms with Gasteiger partial charge in [0.15, 0.2) is 5.65 Å². The van der Waals surface area contributed by atoms with Gasteiger partial charge in [-0.25, -0.2) is 15.0 Å². The van der Waals surface area contributed by atoms with Crippen LogP contribution in [0.1, 0.15) is 0 Å². The van der Waals surface area contributed by atoms with E-state index >= 15 is 0 Å². The Balaban J connectivity index is 2.35. The lowest BCUT2D eigenvalue weighted by Crippen LogP contribution is -1.91. The van der Waals surface area contributed by atoms with Gasteiger partial charge >= 0.3 is 0 Å². The van der Waals surface area contributed by atoms with Gasteiger partial charge in [0.2, 0.25) is 5.88 Å². The Kier molecular flexibility index (Phi) is 2.30. The maximum Gasteiger partial charge on any atom is 0.213 e. The Bertz CT molecular complexity index is 715. The molecule has 0 atom stereocenters. The van der Waals surface area contributed by atoms with Crippen molar-refractivity contribution in [3.05, 3.63) is 35.5 Å². The fourth-order valence-corrected chi connectivity index (χ4v) is 1.81. The van der Waals surface area contributed by atoms with Gasteiger partial charge in [0, 0.05) is 11.5 Å². The molecule has 0 N–H and O–H groups in total. The molecule has 0 amide bonds. The number of fused-ring (bicyclic) bond motifs is 2.